The normalized spacial score (nSPS) is 21.7. The molecular formula is C31H40Cl2N8O3S. The Bertz CT molecular complexity index is 1520. The van der Waals surface area contributed by atoms with Gasteiger partial charge in [-0.2, -0.15) is 0 Å². The van der Waals surface area contributed by atoms with E-state index in [4.69, 9.17) is 28.2 Å². The van der Waals surface area contributed by atoms with Crippen LogP contribution < -0.4 is 15.1 Å². The molecule has 1 saturated carbocycles. The van der Waals surface area contributed by atoms with Crippen LogP contribution in [0.15, 0.2) is 12.4 Å². The molecule has 6 rings (SSSR count). The number of aromatic carboxylic acids is 1. The minimum atomic E-state index is -1.04. The first-order valence-electron chi connectivity index (χ1n) is 15.8. The Morgan fingerprint density at radius 3 is 2.40 bits per heavy atom. The molecule has 3 aliphatic rings. The van der Waals surface area contributed by atoms with Crippen LogP contribution in [0.5, 0.6) is 0 Å². The second-order valence-corrected chi connectivity index (χ2v) is 14.3. The van der Waals surface area contributed by atoms with Gasteiger partial charge >= 0.3 is 5.97 Å². The van der Waals surface area contributed by atoms with E-state index in [1.807, 2.05) is 0 Å². The van der Waals surface area contributed by atoms with Crippen LogP contribution in [0.3, 0.4) is 0 Å². The third-order valence-corrected chi connectivity index (χ3v) is 11.5. The zero-order chi connectivity index (χ0) is 31.7. The van der Waals surface area contributed by atoms with E-state index in [1.165, 1.54) is 38.6 Å². The SMILES string of the molecule is Cc1[nH]c(C(=O)N[C@@H]2CCN(c3nc(-c4cnc(N5CCN(CC6CCCCC6)CC5)cn4)c(C(=O)O)s3)C[C@@H]2C)c(Cl)c1Cl. The van der Waals surface area contributed by atoms with Crippen LogP contribution in [0.25, 0.3) is 11.4 Å². The number of rotatable bonds is 8. The molecule has 3 aromatic rings. The third-order valence-electron chi connectivity index (χ3n) is 9.40. The van der Waals surface area contributed by atoms with Crippen LogP contribution in [-0.2, 0) is 0 Å². The number of thiazole rings is 1. The van der Waals surface area contributed by atoms with Gasteiger partial charge in [-0.1, -0.05) is 60.7 Å². The first kappa shape index (κ1) is 32.0. The van der Waals surface area contributed by atoms with Crippen molar-refractivity contribution < 1.29 is 14.7 Å². The number of aryl methyl sites for hydroxylation is 1. The summed E-state index contributed by atoms with van der Waals surface area (Å²) in [6.45, 7) is 10.1. The summed E-state index contributed by atoms with van der Waals surface area (Å²) in [5, 5.41) is 14.3. The van der Waals surface area contributed by atoms with Gasteiger partial charge < -0.3 is 25.2 Å². The van der Waals surface area contributed by atoms with E-state index in [0.29, 0.717) is 46.7 Å². The molecule has 5 heterocycles. The molecule has 2 atom stereocenters. The van der Waals surface area contributed by atoms with E-state index in [1.54, 1.807) is 19.3 Å². The first-order chi connectivity index (χ1) is 21.7. The fourth-order valence-electron chi connectivity index (χ4n) is 6.77. The molecule has 3 fully saturated rings. The highest BCUT2D eigenvalue weighted by atomic mass is 35.5. The highest BCUT2D eigenvalue weighted by Gasteiger charge is 2.32. The number of aromatic amines is 1. The van der Waals surface area contributed by atoms with Gasteiger partial charge in [-0.05, 0) is 38.0 Å². The number of amides is 1. The molecule has 242 valence electrons. The predicted molar refractivity (Wildman–Crippen MR) is 178 cm³/mol. The zero-order valence-electron chi connectivity index (χ0n) is 25.7. The molecule has 45 heavy (non-hydrogen) atoms. The van der Waals surface area contributed by atoms with E-state index in [0.717, 1.165) is 49.3 Å². The Hall–Kier alpha value is -2.93. The van der Waals surface area contributed by atoms with Crippen LogP contribution in [0, 0.1) is 18.8 Å². The number of piperidine rings is 1. The number of hydrogen-bond acceptors (Lipinski definition) is 9. The number of carboxylic acid groups (broad SMARTS) is 1. The Morgan fingerprint density at radius 2 is 1.78 bits per heavy atom. The van der Waals surface area contributed by atoms with Crippen molar-refractivity contribution in [3.8, 4) is 11.4 Å². The summed E-state index contributed by atoms with van der Waals surface area (Å²) >= 11 is 13.5. The highest BCUT2D eigenvalue weighted by molar-refractivity contribution is 7.17. The van der Waals surface area contributed by atoms with Crippen molar-refractivity contribution in [2.45, 2.75) is 58.4 Å². The maximum absolute atomic E-state index is 12.9. The Morgan fingerprint density at radius 1 is 1.02 bits per heavy atom. The number of carbonyl (C=O) groups is 2. The molecule has 0 bridgehead atoms. The van der Waals surface area contributed by atoms with Crippen LogP contribution in [0.1, 0.15) is 71.3 Å². The van der Waals surface area contributed by atoms with Crippen LogP contribution in [0.4, 0.5) is 10.9 Å². The Balaban J connectivity index is 1.08. The Labute approximate surface area is 277 Å². The molecule has 2 aliphatic heterocycles. The second-order valence-electron chi connectivity index (χ2n) is 12.6. The number of H-pyrrole nitrogens is 1. The molecule has 3 N–H and O–H groups in total. The number of carboxylic acids is 1. The minimum Gasteiger partial charge on any atom is -0.477 e. The van der Waals surface area contributed by atoms with Crippen molar-refractivity contribution in [3.63, 3.8) is 0 Å². The van der Waals surface area contributed by atoms with Crippen molar-refractivity contribution in [3.05, 3.63) is 38.7 Å². The zero-order valence-corrected chi connectivity index (χ0v) is 28.0. The molecular weight excluding hydrogens is 635 g/mol. The Kier molecular flexibility index (Phi) is 9.84. The van der Waals surface area contributed by atoms with Gasteiger partial charge in [0.05, 0.1) is 22.4 Å². The lowest BCUT2D eigenvalue weighted by Crippen LogP contribution is -2.50. The molecule has 0 unspecified atom stereocenters. The molecule has 2 saturated heterocycles. The maximum Gasteiger partial charge on any atom is 0.348 e. The van der Waals surface area contributed by atoms with Gasteiger partial charge in [-0.25, -0.2) is 19.7 Å². The summed E-state index contributed by atoms with van der Waals surface area (Å²) in [5.74, 6) is 0.384. The first-order valence-corrected chi connectivity index (χ1v) is 17.4. The maximum atomic E-state index is 12.9. The summed E-state index contributed by atoms with van der Waals surface area (Å²) in [4.78, 5) is 49.2. The molecule has 0 radical (unpaired) electrons. The topological polar surface area (TPSA) is 131 Å². The number of halogens is 2. The largest absolute Gasteiger partial charge is 0.477 e. The van der Waals surface area contributed by atoms with Gasteiger partial charge in [0, 0.05) is 57.5 Å². The van der Waals surface area contributed by atoms with Gasteiger partial charge in [0.2, 0.25) is 0 Å². The number of nitrogens with one attached hydrogen (secondary N) is 2. The van der Waals surface area contributed by atoms with Crippen molar-refractivity contribution in [2.24, 2.45) is 11.8 Å². The summed E-state index contributed by atoms with van der Waals surface area (Å²) in [6.07, 6.45) is 10.9. The van der Waals surface area contributed by atoms with Crippen LogP contribution >= 0.6 is 34.5 Å². The number of carbonyl (C=O) groups excluding carboxylic acids is 1. The molecule has 0 spiro atoms. The summed E-state index contributed by atoms with van der Waals surface area (Å²) in [5.41, 5.74) is 1.68. The fraction of sp³-hybridized carbons (Fsp3) is 0.581. The van der Waals surface area contributed by atoms with Gasteiger partial charge in [0.25, 0.3) is 5.91 Å². The second kappa shape index (κ2) is 13.8. The lowest BCUT2D eigenvalue weighted by Gasteiger charge is -2.37. The average molecular weight is 676 g/mol. The number of aromatic nitrogens is 4. The number of nitrogens with zero attached hydrogens (tertiary/aromatic N) is 6. The predicted octanol–water partition coefficient (Wildman–Crippen LogP) is 5.59. The molecule has 3 aromatic heterocycles. The average Bonchev–Trinajstić information content (AvgIpc) is 3.61. The van der Waals surface area contributed by atoms with Gasteiger partial charge in [-0.15, -0.1) is 0 Å². The number of piperazine rings is 1. The van der Waals surface area contributed by atoms with E-state index in [9.17, 15) is 14.7 Å². The summed E-state index contributed by atoms with van der Waals surface area (Å²) in [6, 6.07) is -0.0851. The lowest BCUT2D eigenvalue weighted by atomic mass is 9.89. The minimum absolute atomic E-state index is 0.0795. The fourth-order valence-corrected chi connectivity index (χ4v) is 8.13. The smallest absolute Gasteiger partial charge is 0.348 e. The van der Waals surface area contributed by atoms with Crippen molar-refractivity contribution in [1.82, 2.24) is 30.2 Å². The van der Waals surface area contributed by atoms with Crippen LogP contribution in [-0.4, -0.2) is 93.7 Å². The van der Waals surface area contributed by atoms with Crippen LogP contribution in [0.2, 0.25) is 10.0 Å². The van der Waals surface area contributed by atoms with E-state index in [-0.39, 0.29) is 33.5 Å². The van der Waals surface area contributed by atoms with E-state index in [2.05, 4.69) is 41.9 Å². The summed E-state index contributed by atoms with van der Waals surface area (Å²) in [7, 11) is 0. The third kappa shape index (κ3) is 7.08. The number of hydrogen-bond donors (Lipinski definition) is 3. The standard InChI is InChI=1S/C31H40Cl2N8O3S/c1-18-16-41(9-8-21(18)37-29(42)27-25(33)24(32)19(2)36-27)31-38-26(28(45-31)30(43)44)22-14-35-23(15-34-22)40-12-10-39(11-13-40)17-20-6-4-3-5-7-20/h14-15,18,20-21,36H,3-13,16-17H2,1-2H3,(H,37,42)(H,43,44)/t18-,21+/m0/s1. The van der Waals surface area contributed by atoms with Crippen molar-refractivity contribution >= 4 is 57.4 Å². The quantitative estimate of drug-likeness (QED) is 0.280. The molecule has 1 aliphatic carbocycles. The molecule has 0 aromatic carbocycles. The highest BCUT2D eigenvalue weighted by Crippen LogP contribution is 2.35. The van der Waals surface area contributed by atoms with Gasteiger partial charge in [0.15, 0.2) is 5.13 Å². The number of anilines is 2. The van der Waals surface area contributed by atoms with Gasteiger partial charge in [0.1, 0.15) is 27.8 Å². The van der Waals surface area contributed by atoms with Crippen molar-refractivity contribution in [2.75, 3.05) is 55.6 Å². The molecule has 14 heteroatoms. The molecule has 11 nitrogen and oxygen atoms in total. The summed E-state index contributed by atoms with van der Waals surface area (Å²) < 4.78 is 0. The monoisotopic (exact) mass is 674 g/mol. The lowest BCUT2D eigenvalue weighted by molar-refractivity contribution is 0.0702. The van der Waals surface area contributed by atoms with Crippen molar-refractivity contribution in [1.29, 1.82) is 0 Å². The van der Waals surface area contributed by atoms with E-state index < -0.39 is 5.97 Å². The van der Waals surface area contributed by atoms with E-state index >= 15 is 0 Å². The van der Waals surface area contributed by atoms with Gasteiger partial charge in [-0.3, -0.25) is 9.69 Å². The molecule has 1 amide bonds.